The third kappa shape index (κ3) is 2.89. The molecule has 0 aromatic heterocycles. The van der Waals surface area contributed by atoms with Crippen LogP contribution in [0.1, 0.15) is 39.4 Å². The molecule has 2 aromatic carbocycles. The summed E-state index contributed by atoms with van der Waals surface area (Å²) in [6.45, 7) is 7.87. The van der Waals surface area contributed by atoms with E-state index in [1.54, 1.807) is 6.07 Å². The highest BCUT2D eigenvalue weighted by molar-refractivity contribution is 5.42. The van der Waals surface area contributed by atoms with Gasteiger partial charge in [0.05, 0.1) is 6.04 Å². The molecule has 0 aliphatic carbocycles. The summed E-state index contributed by atoms with van der Waals surface area (Å²) in [6, 6.07) is 9.36. The molecule has 1 atom stereocenters. The van der Waals surface area contributed by atoms with E-state index in [0.717, 1.165) is 27.8 Å². The van der Waals surface area contributed by atoms with Gasteiger partial charge in [0.1, 0.15) is 5.82 Å². The third-order valence-electron chi connectivity index (χ3n) is 3.51. The van der Waals surface area contributed by atoms with Crippen LogP contribution in [-0.4, -0.2) is 0 Å². The van der Waals surface area contributed by atoms with Crippen LogP contribution >= 0.6 is 0 Å². The minimum Gasteiger partial charge on any atom is -0.271 e. The summed E-state index contributed by atoms with van der Waals surface area (Å²) in [5.41, 5.74) is 8.46. The minimum absolute atomic E-state index is 0.218. The van der Waals surface area contributed by atoms with Crippen LogP contribution in [0, 0.1) is 33.5 Å². The van der Waals surface area contributed by atoms with Gasteiger partial charge in [-0.25, -0.2) is 9.82 Å². The van der Waals surface area contributed by atoms with Gasteiger partial charge < -0.3 is 0 Å². The van der Waals surface area contributed by atoms with Gasteiger partial charge in [-0.05, 0) is 50.5 Å². The summed E-state index contributed by atoms with van der Waals surface area (Å²) in [5, 5.41) is 0. The van der Waals surface area contributed by atoms with E-state index in [4.69, 9.17) is 5.84 Å². The second-order valence-corrected chi connectivity index (χ2v) is 5.50. The Hall–Kier alpha value is -1.71. The summed E-state index contributed by atoms with van der Waals surface area (Å²) in [5.74, 6) is 5.48. The van der Waals surface area contributed by atoms with Crippen molar-refractivity contribution in [3.8, 4) is 0 Å². The SMILES string of the molecule is Cc1cc(C)cc(C(NN)c2c(C)cc(C)cc2F)c1. The predicted molar refractivity (Wildman–Crippen MR) is 81.0 cm³/mol. The molecular weight excluding hydrogens is 251 g/mol. The molecule has 0 aliphatic heterocycles. The van der Waals surface area contributed by atoms with E-state index >= 15 is 0 Å². The van der Waals surface area contributed by atoms with E-state index in [-0.39, 0.29) is 11.9 Å². The topological polar surface area (TPSA) is 38.0 Å². The van der Waals surface area contributed by atoms with E-state index in [9.17, 15) is 4.39 Å². The number of hydrogen-bond donors (Lipinski definition) is 2. The Bertz CT molecular complexity index is 592. The fourth-order valence-corrected chi connectivity index (χ4v) is 2.82. The van der Waals surface area contributed by atoms with Crippen molar-refractivity contribution in [2.75, 3.05) is 0 Å². The number of hydrazine groups is 1. The van der Waals surface area contributed by atoms with Crippen molar-refractivity contribution in [1.29, 1.82) is 0 Å². The van der Waals surface area contributed by atoms with E-state index in [1.165, 1.54) is 0 Å². The molecule has 0 radical (unpaired) electrons. The zero-order chi connectivity index (χ0) is 14.9. The first-order valence-electron chi connectivity index (χ1n) is 6.73. The quantitative estimate of drug-likeness (QED) is 0.661. The molecule has 2 nitrogen and oxygen atoms in total. The fraction of sp³-hybridized carbons (Fsp3) is 0.294. The molecular formula is C17H21FN2. The van der Waals surface area contributed by atoms with E-state index in [1.807, 2.05) is 45.9 Å². The Labute approximate surface area is 119 Å². The molecule has 0 spiro atoms. The first-order valence-corrected chi connectivity index (χ1v) is 6.73. The summed E-state index contributed by atoms with van der Waals surface area (Å²) < 4.78 is 14.3. The van der Waals surface area contributed by atoms with E-state index in [2.05, 4.69) is 11.5 Å². The van der Waals surface area contributed by atoms with Crippen LogP contribution in [0.5, 0.6) is 0 Å². The van der Waals surface area contributed by atoms with Crippen molar-refractivity contribution in [2.24, 2.45) is 5.84 Å². The first kappa shape index (κ1) is 14.7. The van der Waals surface area contributed by atoms with Gasteiger partial charge in [-0.3, -0.25) is 5.84 Å². The third-order valence-corrected chi connectivity index (χ3v) is 3.51. The van der Waals surface area contributed by atoms with Gasteiger partial charge in [0.15, 0.2) is 0 Å². The zero-order valence-corrected chi connectivity index (χ0v) is 12.4. The van der Waals surface area contributed by atoms with Crippen molar-refractivity contribution >= 4 is 0 Å². The van der Waals surface area contributed by atoms with Gasteiger partial charge in [-0.1, -0.05) is 35.4 Å². The number of aryl methyl sites for hydroxylation is 4. The van der Waals surface area contributed by atoms with E-state index < -0.39 is 0 Å². The number of halogens is 1. The molecule has 20 heavy (non-hydrogen) atoms. The molecule has 3 heteroatoms. The lowest BCUT2D eigenvalue weighted by atomic mass is 9.92. The van der Waals surface area contributed by atoms with Gasteiger partial charge in [0, 0.05) is 5.56 Å². The van der Waals surface area contributed by atoms with Crippen LogP contribution in [0.25, 0.3) is 0 Å². The van der Waals surface area contributed by atoms with Crippen LogP contribution in [0.2, 0.25) is 0 Å². The van der Waals surface area contributed by atoms with E-state index in [0.29, 0.717) is 5.56 Å². The largest absolute Gasteiger partial charge is 0.271 e. The maximum absolute atomic E-state index is 14.3. The molecule has 2 rings (SSSR count). The zero-order valence-electron chi connectivity index (χ0n) is 12.4. The number of benzene rings is 2. The monoisotopic (exact) mass is 272 g/mol. The number of nitrogens with one attached hydrogen (secondary N) is 1. The molecule has 0 amide bonds. The average Bonchev–Trinajstić information content (AvgIpc) is 2.32. The van der Waals surface area contributed by atoms with Crippen LogP contribution in [0.3, 0.4) is 0 Å². The van der Waals surface area contributed by atoms with Crippen molar-refractivity contribution in [1.82, 2.24) is 5.43 Å². The normalized spacial score (nSPS) is 12.5. The van der Waals surface area contributed by atoms with Crippen molar-refractivity contribution in [3.05, 3.63) is 69.5 Å². The molecule has 0 saturated carbocycles. The van der Waals surface area contributed by atoms with Gasteiger partial charge in [0.25, 0.3) is 0 Å². The van der Waals surface area contributed by atoms with Gasteiger partial charge in [0.2, 0.25) is 0 Å². The second-order valence-electron chi connectivity index (χ2n) is 5.50. The lowest BCUT2D eigenvalue weighted by Gasteiger charge is -2.21. The summed E-state index contributed by atoms with van der Waals surface area (Å²) in [4.78, 5) is 0. The lowest BCUT2D eigenvalue weighted by molar-refractivity contribution is 0.556. The summed E-state index contributed by atoms with van der Waals surface area (Å²) in [6.07, 6.45) is 0. The standard InChI is InChI=1S/C17H21FN2/c1-10-5-11(2)8-14(7-10)17(20-19)16-13(4)6-12(3)9-15(16)18/h5-9,17,20H,19H2,1-4H3. The Morgan fingerprint density at radius 2 is 1.45 bits per heavy atom. The minimum atomic E-state index is -0.339. The maximum atomic E-state index is 14.3. The highest BCUT2D eigenvalue weighted by Gasteiger charge is 2.19. The molecule has 0 fully saturated rings. The summed E-state index contributed by atoms with van der Waals surface area (Å²) in [7, 11) is 0. The smallest absolute Gasteiger partial charge is 0.128 e. The molecule has 0 bridgehead atoms. The summed E-state index contributed by atoms with van der Waals surface area (Å²) >= 11 is 0. The number of hydrogen-bond acceptors (Lipinski definition) is 2. The van der Waals surface area contributed by atoms with Gasteiger partial charge in [-0.15, -0.1) is 0 Å². The second kappa shape index (κ2) is 5.73. The highest BCUT2D eigenvalue weighted by Crippen LogP contribution is 2.29. The first-order chi connectivity index (χ1) is 9.42. The van der Waals surface area contributed by atoms with Crippen molar-refractivity contribution in [2.45, 2.75) is 33.7 Å². The van der Waals surface area contributed by atoms with Crippen LogP contribution in [0.15, 0.2) is 30.3 Å². The highest BCUT2D eigenvalue weighted by atomic mass is 19.1. The molecule has 3 N–H and O–H groups in total. The van der Waals surface area contributed by atoms with Gasteiger partial charge in [-0.2, -0.15) is 0 Å². The number of rotatable bonds is 3. The van der Waals surface area contributed by atoms with Crippen LogP contribution < -0.4 is 11.3 Å². The predicted octanol–water partition coefficient (Wildman–Crippen LogP) is 3.61. The molecule has 0 aliphatic rings. The molecule has 0 heterocycles. The Morgan fingerprint density at radius 1 is 0.900 bits per heavy atom. The van der Waals surface area contributed by atoms with Crippen molar-refractivity contribution in [3.63, 3.8) is 0 Å². The van der Waals surface area contributed by atoms with Crippen LogP contribution in [0.4, 0.5) is 4.39 Å². The Morgan fingerprint density at radius 3 is 1.95 bits per heavy atom. The Kier molecular flexibility index (Phi) is 4.21. The average molecular weight is 272 g/mol. The van der Waals surface area contributed by atoms with Crippen molar-refractivity contribution < 1.29 is 4.39 Å². The number of nitrogens with two attached hydrogens (primary N) is 1. The van der Waals surface area contributed by atoms with Crippen LogP contribution in [-0.2, 0) is 0 Å². The molecule has 0 saturated heterocycles. The maximum Gasteiger partial charge on any atom is 0.128 e. The molecule has 2 aromatic rings. The fourth-order valence-electron chi connectivity index (χ4n) is 2.82. The Balaban J connectivity index is 2.58. The molecule has 1 unspecified atom stereocenters. The lowest BCUT2D eigenvalue weighted by Crippen LogP contribution is -2.30. The molecule has 106 valence electrons. The van der Waals surface area contributed by atoms with Gasteiger partial charge >= 0.3 is 0 Å².